The number of para-hydroxylation sites is 1. The molecule has 0 amide bonds. The highest BCUT2D eigenvalue weighted by Gasteiger charge is 2.10. The first-order chi connectivity index (χ1) is 7.77. The van der Waals surface area contributed by atoms with Crippen molar-refractivity contribution in [1.82, 2.24) is 15.0 Å². The molecule has 0 saturated heterocycles. The maximum Gasteiger partial charge on any atom is 0.111 e. The molecule has 0 saturated carbocycles. The molecule has 1 heterocycles. The Kier molecular flexibility index (Phi) is 3.01. The molecule has 2 rings (SSSR count). The number of hydrogen-bond donors (Lipinski definition) is 1. The van der Waals surface area contributed by atoms with E-state index in [4.69, 9.17) is 5.11 Å². The first-order valence-electron chi connectivity index (χ1n) is 5.38. The first-order valence-corrected chi connectivity index (χ1v) is 5.38. The molecule has 4 heteroatoms. The SMILES string of the molecule is CCc1ccccc1-n1nnc(CO)c1C. The average molecular weight is 217 g/mol. The maximum atomic E-state index is 9.09. The summed E-state index contributed by atoms with van der Waals surface area (Å²) in [6.07, 6.45) is 0.948. The molecular formula is C12H15N3O. The van der Waals surface area contributed by atoms with E-state index in [1.165, 1.54) is 5.56 Å². The van der Waals surface area contributed by atoms with Crippen molar-refractivity contribution >= 4 is 0 Å². The van der Waals surface area contributed by atoms with E-state index in [9.17, 15) is 0 Å². The van der Waals surface area contributed by atoms with Gasteiger partial charge >= 0.3 is 0 Å². The second-order valence-electron chi connectivity index (χ2n) is 3.67. The predicted octanol–water partition coefficient (Wildman–Crippen LogP) is 1.63. The van der Waals surface area contributed by atoms with Crippen LogP contribution in [0.4, 0.5) is 0 Å². The van der Waals surface area contributed by atoms with E-state index in [0.29, 0.717) is 5.69 Å². The summed E-state index contributed by atoms with van der Waals surface area (Å²) in [5.74, 6) is 0. The standard InChI is InChI=1S/C12H15N3O/c1-3-10-6-4-5-7-12(10)15-9(2)11(8-16)13-14-15/h4-7,16H,3,8H2,1-2H3. The van der Waals surface area contributed by atoms with Crippen LogP contribution in [0.25, 0.3) is 5.69 Å². The van der Waals surface area contributed by atoms with Crippen LogP contribution < -0.4 is 0 Å². The van der Waals surface area contributed by atoms with Crippen LogP contribution >= 0.6 is 0 Å². The van der Waals surface area contributed by atoms with Crippen molar-refractivity contribution in [2.45, 2.75) is 26.9 Å². The Hall–Kier alpha value is -1.68. The second-order valence-corrected chi connectivity index (χ2v) is 3.67. The molecule has 84 valence electrons. The van der Waals surface area contributed by atoms with Gasteiger partial charge in [-0.15, -0.1) is 5.10 Å². The third kappa shape index (κ3) is 1.72. The summed E-state index contributed by atoms with van der Waals surface area (Å²) in [5.41, 5.74) is 3.78. The zero-order chi connectivity index (χ0) is 11.5. The Morgan fingerprint density at radius 3 is 2.69 bits per heavy atom. The van der Waals surface area contributed by atoms with Crippen molar-refractivity contribution in [3.05, 3.63) is 41.2 Å². The molecular weight excluding hydrogens is 202 g/mol. The van der Waals surface area contributed by atoms with Crippen molar-refractivity contribution in [1.29, 1.82) is 0 Å². The summed E-state index contributed by atoms with van der Waals surface area (Å²) in [7, 11) is 0. The van der Waals surface area contributed by atoms with Gasteiger partial charge in [-0.25, -0.2) is 4.68 Å². The number of hydrogen-bond acceptors (Lipinski definition) is 3. The normalized spacial score (nSPS) is 10.7. The molecule has 0 aliphatic carbocycles. The molecule has 16 heavy (non-hydrogen) atoms. The zero-order valence-electron chi connectivity index (χ0n) is 9.51. The predicted molar refractivity (Wildman–Crippen MR) is 61.4 cm³/mol. The van der Waals surface area contributed by atoms with E-state index in [-0.39, 0.29) is 6.61 Å². The fraction of sp³-hybridized carbons (Fsp3) is 0.333. The van der Waals surface area contributed by atoms with Crippen LogP contribution in [0.3, 0.4) is 0 Å². The average Bonchev–Trinajstić information content (AvgIpc) is 2.70. The minimum absolute atomic E-state index is 0.0693. The van der Waals surface area contributed by atoms with E-state index in [0.717, 1.165) is 17.8 Å². The highest BCUT2D eigenvalue weighted by atomic mass is 16.3. The van der Waals surface area contributed by atoms with Crippen molar-refractivity contribution in [2.24, 2.45) is 0 Å². The lowest BCUT2D eigenvalue weighted by molar-refractivity contribution is 0.276. The van der Waals surface area contributed by atoms with E-state index in [1.807, 2.05) is 25.1 Å². The van der Waals surface area contributed by atoms with Crippen molar-refractivity contribution < 1.29 is 5.11 Å². The second kappa shape index (κ2) is 4.45. The van der Waals surface area contributed by atoms with Gasteiger partial charge in [-0.05, 0) is 25.0 Å². The van der Waals surface area contributed by atoms with E-state index >= 15 is 0 Å². The Balaban J connectivity index is 2.54. The van der Waals surface area contributed by atoms with Crippen LogP contribution in [0.5, 0.6) is 0 Å². The number of aliphatic hydroxyl groups is 1. The van der Waals surface area contributed by atoms with Crippen LogP contribution in [0.1, 0.15) is 23.9 Å². The number of aryl methyl sites for hydroxylation is 1. The first kappa shape index (κ1) is 10.8. The summed E-state index contributed by atoms with van der Waals surface area (Å²) >= 11 is 0. The van der Waals surface area contributed by atoms with Gasteiger partial charge in [0.2, 0.25) is 0 Å². The summed E-state index contributed by atoms with van der Waals surface area (Å²) < 4.78 is 1.78. The molecule has 1 N–H and O–H groups in total. The molecule has 0 radical (unpaired) electrons. The lowest BCUT2D eigenvalue weighted by Gasteiger charge is -2.08. The smallest absolute Gasteiger partial charge is 0.111 e. The fourth-order valence-electron chi connectivity index (χ4n) is 1.75. The summed E-state index contributed by atoms with van der Waals surface area (Å²) in [6, 6.07) is 8.09. The van der Waals surface area contributed by atoms with Gasteiger partial charge in [0.15, 0.2) is 0 Å². The van der Waals surface area contributed by atoms with Crippen molar-refractivity contribution in [2.75, 3.05) is 0 Å². The summed E-state index contributed by atoms with van der Waals surface area (Å²) in [5, 5.41) is 17.1. The molecule has 0 fully saturated rings. The Labute approximate surface area is 94.5 Å². The van der Waals surface area contributed by atoms with Gasteiger partial charge in [-0.2, -0.15) is 0 Å². The number of aromatic nitrogens is 3. The van der Waals surface area contributed by atoms with E-state index < -0.39 is 0 Å². The molecule has 1 aromatic carbocycles. The number of benzene rings is 1. The molecule has 0 aliphatic heterocycles. The minimum atomic E-state index is -0.0693. The quantitative estimate of drug-likeness (QED) is 0.850. The highest BCUT2D eigenvalue weighted by molar-refractivity contribution is 5.41. The van der Waals surface area contributed by atoms with Crippen molar-refractivity contribution in [3.63, 3.8) is 0 Å². The topological polar surface area (TPSA) is 50.9 Å². The minimum Gasteiger partial charge on any atom is -0.390 e. The van der Waals surface area contributed by atoms with Crippen LogP contribution in [-0.4, -0.2) is 20.1 Å². The largest absolute Gasteiger partial charge is 0.390 e. The molecule has 0 spiro atoms. The van der Waals surface area contributed by atoms with Crippen LogP contribution in [-0.2, 0) is 13.0 Å². The molecule has 2 aromatic rings. The van der Waals surface area contributed by atoms with Gasteiger partial charge in [0.25, 0.3) is 0 Å². The number of aliphatic hydroxyl groups excluding tert-OH is 1. The Bertz CT molecular complexity index is 491. The van der Waals surface area contributed by atoms with Gasteiger partial charge in [0.05, 0.1) is 18.0 Å². The lowest BCUT2D eigenvalue weighted by atomic mass is 10.1. The van der Waals surface area contributed by atoms with Gasteiger partial charge in [-0.3, -0.25) is 0 Å². The maximum absolute atomic E-state index is 9.09. The fourth-order valence-corrected chi connectivity index (χ4v) is 1.75. The molecule has 0 unspecified atom stereocenters. The van der Waals surface area contributed by atoms with Gasteiger partial charge < -0.3 is 5.11 Å². The number of rotatable bonds is 3. The molecule has 4 nitrogen and oxygen atoms in total. The Morgan fingerprint density at radius 1 is 1.31 bits per heavy atom. The van der Waals surface area contributed by atoms with E-state index in [2.05, 4.69) is 23.3 Å². The third-order valence-corrected chi connectivity index (χ3v) is 2.74. The highest BCUT2D eigenvalue weighted by Crippen LogP contribution is 2.17. The molecule has 0 bridgehead atoms. The third-order valence-electron chi connectivity index (χ3n) is 2.74. The van der Waals surface area contributed by atoms with Crippen molar-refractivity contribution in [3.8, 4) is 5.69 Å². The Morgan fingerprint density at radius 2 is 2.06 bits per heavy atom. The molecule has 0 atom stereocenters. The van der Waals surface area contributed by atoms with Gasteiger partial charge in [-0.1, -0.05) is 30.3 Å². The molecule has 0 aliphatic rings. The van der Waals surface area contributed by atoms with E-state index in [1.54, 1.807) is 4.68 Å². The zero-order valence-corrected chi connectivity index (χ0v) is 9.51. The van der Waals surface area contributed by atoms with Gasteiger partial charge in [0.1, 0.15) is 5.69 Å². The summed E-state index contributed by atoms with van der Waals surface area (Å²) in [4.78, 5) is 0. The van der Waals surface area contributed by atoms with Gasteiger partial charge in [0, 0.05) is 0 Å². The monoisotopic (exact) mass is 217 g/mol. The lowest BCUT2D eigenvalue weighted by Crippen LogP contribution is -2.03. The van der Waals surface area contributed by atoms with Crippen LogP contribution in [0, 0.1) is 6.92 Å². The van der Waals surface area contributed by atoms with Crippen LogP contribution in [0.15, 0.2) is 24.3 Å². The molecule has 1 aromatic heterocycles. The van der Waals surface area contributed by atoms with Crippen LogP contribution in [0.2, 0.25) is 0 Å². The summed E-state index contributed by atoms with van der Waals surface area (Å²) in [6.45, 7) is 3.95. The number of nitrogens with zero attached hydrogens (tertiary/aromatic N) is 3.